The van der Waals surface area contributed by atoms with Crippen molar-refractivity contribution in [2.24, 2.45) is 5.92 Å². The van der Waals surface area contributed by atoms with E-state index in [1.807, 2.05) is 18.3 Å². The normalized spacial score (nSPS) is 20.0. The molecule has 21 heavy (non-hydrogen) atoms. The predicted molar refractivity (Wildman–Crippen MR) is 86.7 cm³/mol. The van der Waals surface area contributed by atoms with E-state index in [0.29, 0.717) is 5.92 Å². The van der Waals surface area contributed by atoms with Gasteiger partial charge in [-0.1, -0.05) is 6.07 Å². The Morgan fingerprint density at radius 2 is 2.29 bits per heavy atom. The second-order valence-electron chi connectivity index (χ2n) is 6.03. The standard InChI is InChI=1S/C16H24N4S/c1-13-17-14(2)20(18-13)12-15-5-3-8-19(11-15)9-7-16-6-4-10-21-16/h4,6,10,15H,3,5,7-9,11-12H2,1-2H3. The molecule has 0 aromatic carbocycles. The van der Waals surface area contributed by atoms with Crippen LogP contribution in [0.1, 0.15) is 29.4 Å². The summed E-state index contributed by atoms with van der Waals surface area (Å²) in [6.45, 7) is 8.67. The number of rotatable bonds is 5. The molecule has 0 radical (unpaired) electrons. The van der Waals surface area contributed by atoms with Gasteiger partial charge in [-0.25, -0.2) is 9.67 Å². The zero-order valence-electron chi connectivity index (χ0n) is 13.0. The molecule has 0 bridgehead atoms. The van der Waals surface area contributed by atoms with Crippen LogP contribution >= 0.6 is 11.3 Å². The van der Waals surface area contributed by atoms with Crippen molar-refractivity contribution in [2.45, 2.75) is 39.7 Å². The molecule has 1 unspecified atom stereocenters. The van der Waals surface area contributed by atoms with Crippen LogP contribution < -0.4 is 0 Å². The Balaban J connectivity index is 1.52. The van der Waals surface area contributed by atoms with Gasteiger partial charge in [0.15, 0.2) is 0 Å². The molecule has 0 amide bonds. The topological polar surface area (TPSA) is 34.0 Å². The van der Waals surface area contributed by atoms with E-state index in [0.717, 1.165) is 18.2 Å². The molecule has 2 aromatic rings. The highest BCUT2D eigenvalue weighted by Gasteiger charge is 2.21. The minimum absolute atomic E-state index is 0.710. The average molecular weight is 304 g/mol. The fraction of sp³-hybridized carbons (Fsp3) is 0.625. The quantitative estimate of drug-likeness (QED) is 0.852. The number of hydrogen-bond donors (Lipinski definition) is 0. The van der Waals surface area contributed by atoms with Crippen molar-refractivity contribution < 1.29 is 0 Å². The number of nitrogens with zero attached hydrogens (tertiary/aromatic N) is 4. The largest absolute Gasteiger partial charge is 0.303 e. The summed E-state index contributed by atoms with van der Waals surface area (Å²) in [6, 6.07) is 4.39. The highest BCUT2D eigenvalue weighted by molar-refractivity contribution is 7.09. The third kappa shape index (κ3) is 3.92. The molecule has 3 heterocycles. The van der Waals surface area contributed by atoms with E-state index >= 15 is 0 Å². The van der Waals surface area contributed by atoms with Gasteiger partial charge in [-0.2, -0.15) is 5.10 Å². The van der Waals surface area contributed by atoms with Crippen molar-refractivity contribution in [1.82, 2.24) is 19.7 Å². The Kier molecular flexibility index (Phi) is 4.70. The van der Waals surface area contributed by atoms with E-state index in [2.05, 4.69) is 44.1 Å². The van der Waals surface area contributed by atoms with E-state index in [1.165, 1.54) is 43.8 Å². The lowest BCUT2D eigenvalue weighted by Crippen LogP contribution is -2.38. The van der Waals surface area contributed by atoms with Crippen LogP contribution in [-0.2, 0) is 13.0 Å². The molecular weight excluding hydrogens is 280 g/mol. The first kappa shape index (κ1) is 14.7. The SMILES string of the molecule is Cc1nc(C)n(CC2CCCN(CCc3cccs3)C2)n1. The highest BCUT2D eigenvalue weighted by Crippen LogP contribution is 2.19. The van der Waals surface area contributed by atoms with Crippen LogP contribution in [-0.4, -0.2) is 39.3 Å². The molecule has 0 aliphatic carbocycles. The van der Waals surface area contributed by atoms with E-state index in [9.17, 15) is 0 Å². The molecule has 1 saturated heterocycles. The Bertz CT molecular complexity index is 561. The second-order valence-corrected chi connectivity index (χ2v) is 7.06. The summed E-state index contributed by atoms with van der Waals surface area (Å²) in [7, 11) is 0. The Hall–Kier alpha value is -1.20. The molecule has 114 valence electrons. The zero-order valence-corrected chi connectivity index (χ0v) is 13.8. The summed E-state index contributed by atoms with van der Waals surface area (Å²) < 4.78 is 2.09. The molecular formula is C16H24N4S. The van der Waals surface area contributed by atoms with Crippen LogP contribution in [0.5, 0.6) is 0 Å². The lowest BCUT2D eigenvalue weighted by Gasteiger charge is -2.32. The second kappa shape index (κ2) is 6.71. The van der Waals surface area contributed by atoms with Crippen molar-refractivity contribution in [1.29, 1.82) is 0 Å². The molecule has 4 nitrogen and oxygen atoms in total. The van der Waals surface area contributed by atoms with Crippen LogP contribution in [0.15, 0.2) is 17.5 Å². The van der Waals surface area contributed by atoms with Gasteiger partial charge < -0.3 is 4.90 Å². The van der Waals surface area contributed by atoms with Crippen molar-refractivity contribution in [3.8, 4) is 0 Å². The Morgan fingerprint density at radius 1 is 1.38 bits per heavy atom. The summed E-state index contributed by atoms with van der Waals surface area (Å²) in [4.78, 5) is 8.52. The monoisotopic (exact) mass is 304 g/mol. The molecule has 3 rings (SSSR count). The minimum atomic E-state index is 0.710. The first-order chi connectivity index (χ1) is 10.2. The first-order valence-corrected chi connectivity index (χ1v) is 8.71. The third-order valence-electron chi connectivity index (χ3n) is 4.25. The fourth-order valence-electron chi connectivity index (χ4n) is 3.21. The van der Waals surface area contributed by atoms with Crippen LogP contribution in [0.25, 0.3) is 0 Å². The smallest absolute Gasteiger partial charge is 0.147 e. The van der Waals surface area contributed by atoms with Gasteiger partial charge in [0.2, 0.25) is 0 Å². The molecule has 2 aromatic heterocycles. The Labute approximate surface area is 130 Å². The van der Waals surface area contributed by atoms with Crippen LogP contribution in [0.3, 0.4) is 0 Å². The number of likely N-dealkylation sites (tertiary alicyclic amines) is 1. The van der Waals surface area contributed by atoms with Crippen molar-refractivity contribution >= 4 is 11.3 Å². The summed E-state index contributed by atoms with van der Waals surface area (Å²) >= 11 is 1.87. The summed E-state index contributed by atoms with van der Waals surface area (Å²) in [6.07, 6.45) is 3.81. The summed E-state index contributed by atoms with van der Waals surface area (Å²) in [5.74, 6) is 2.64. The molecule has 1 aliphatic heterocycles. The van der Waals surface area contributed by atoms with Crippen molar-refractivity contribution in [2.75, 3.05) is 19.6 Å². The molecule has 0 spiro atoms. The van der Waals surface area contributed by atoms with Gasteiger partial charge in [0.25, 0.3) is 0 Å². The highest BCUT2D eigenvalue weighted by atomic mass is 32.1. The van der Waals surface area contributed by atoms with Gasteiger partial charge in [-0.05, 0) is 57.0 Å². The molecule has 1 atom stereocenters. The van der Waals surface area contributed by atoms with Gasteiger partial charge in [-0.15, -0.1) is 11.3 Å². The number of piperidine rings is 1. The molecule has 1 fully saturated rings. The number of aryl methyl sites for hydroxylation is 2. The summed E-state index contributed by atoms with van der Waals surface area (Å²) in [5, 5.41) is 6.68. The maximum atomic E-state index is 4.50. The van der Waals surface area contributed by atoms with Crippen molar-refractivity contribution in [3.63, 3.8) is 0 Å². The number of aromatic nitrogens is 3. The van der Waals surface area contributed by atoms with Crippen LogP contribution in [0.4, 0.5) is 0 Å². The van der Waals surface area contributed by atoms with E-state index in [4.69, 9.17) is 0 Å². The predicted octanol–water partition coefficient (Wildman–Crippen LogP) is 2.91. The van der Waals surface area contributed by atoms with E-state index in [1.54, 1.807) is 0 Å². The average Bonchev–Trinajstić information content (AvgIpc) is 3.07. The molecule has 0 saturated carbocycles. The van der Waals surface area contributed by atoms with Gasteiger partial charge in [0.1, 0.15) is 11.6 Å². The van der Waals surface area contributed by atoms with Gasteiger partial charge in [0, 0.05) is 24.5 Å². The third-order valence-corrected chi connectivity index (χ3v) is 5.19. The fourth-order valence-corrected chi connectivity index (χ4v) is 3.90. The minimum Gasteiger partial charge on any atom is -0.303 e. The van der Waals surface area contributed by atoms with Crippen LogP contribution in [0, 0.1) is 19.8 Å². The molecule has 1 aliphatic rings. The van der Waals surface area contributed by atoms with Crippen LogP contribution in [0.2, 0.25) is 0 Å². The maximum Gasteiger partial charge on any atom is 0.147 e. The first-order valence-electron chi connectivity index (χ1n) is 7.83. The van der Waals surface area contributed by atoms with Gasteiger partial charge >= 0.3 is 0 Å². The molecule has 0 N–H and O–H groups in total. The molecule has 5 heteroatoms. The lowest BCUT2D eigenvalue weighted by atomic mass is 9.98. The number of hydrogen-bond acceptors (Lipinski definition) is 4. The van der Waals surface area contributed by atoms with Gasteiger partial charge in [0.05, 0.1) is 0 Å². The Morgan fingerprint density at radius 3 is 3.00 bits per heavy atom. The van der Waals surface area contributed by atoms with E-state index in [-0.39, 0.29) is 0 Å². The number of thiophene rings is 1. The lowest BCUT2D eigenvalue weighted by molar-refractivity contribution is 0.161. The van der Waals surface area contributed by atoms with Crippen molar-refractivity contribution in [3.05, 3.63) is 34.0 Å². The maximum absolute atomic E-state index is 4.50. The summed E-state index contributed by atoms with van der Waals surface area (Å²) in [5.41, 5.74) is 0. The van der Waals surface area contributed by atoms with E-state index < -0.39 is 0 Å². The van der Waals surface area contributed by atoms with Gasteiger partial charge in [-0.3, -0.25) is 0 Å². The zero-order chi connectivity index (χ0) is 14.7.